The molecular weight excluding hydrogens is 575 g/mol. The number of para-hydroxylation sites is 1. The normalized spacial score (nSPS) is 12.0. The Morgan fingerprint density at radius 1 is 0.419 bits per heavy atom. The van der Waals surface area contributed by atoms with E-state index in [-0.39, 0.29) is 0 Å². The van der Waals surface area contributed by atoms with Crippen molar-refractivity contribution in [3.8, 4) is 0 Å². The van der Waals surface area contributed by atoms with Crippen LogP contribution in [-0.4, -0.2) is 57.3 Å². The summed E-state index contributed by atoms with van der Waals surface area (Å²) < 4.78 is 36.4. The Morgan fingerprint density at radius 3 is 1.02 bits per heavy atom. The highest BCUT2D eigenvalue weighted by Crippen LogP contribution is 2.35. The van der Waals surface area contributed by atoms with E-state index in [0.29, 0.717) is 39.6 Å². The summed E-state index contributed by atoms with van der Waals surface area (Å²) in [6, 6.07) is 29.5. The first kappa shape index (κ1) is 35.1. The van der Waals surface area contributed by atoms with Crippen LogP contribution < -0.4 is 4.90 Å². The number of hydrogen-bond acceptors (Lipinski definition) is 7. The smallest absolute Gasteiger partial charge is 0.374 e. The van der Waals surface area contributed by atoms with Gasteiger partial charge in [0.15, 0.2) is 0 Å². The van der Waals surface area contributed by atoms with E-state index in [1.807, 2.05) is 47.6 Å². The largest absolute Gasteiger partial charge is 0.501 e. The van der Waals surface area contributed by atoms with Gasteiger partial charge in [0.25, 0.3) is 0 Å². The van der Waals surface area contributed by atoms with E-state index >= 15 is 0 Å². The minimum Gasteiger partial charge on any atom is -0.374 e. The number of rotatable bonds is 21. The number of anilines is 3. The molecule has 3 rings (SSSR count). The quantitative estimate of drug-likeness (QED) is 0.110. The van der Waals surface area contributed by atoms with Crippen molar-refractivity contribution in [3.63, 3.8) is 0 Å². The molecule has 0 radical (unpaired) electrons. The SMILES string of the molecule is CCO[Si](CCc1ccc(N(c2ccccc2)c2ccc(CC[Si](OCC)(OCC)OCC)cc2)cc1)(OCC)OCC. The molecule has 3 aromatic carbocycles. The van der Waals surface area contributed by atoms with Crippen molar-refractivity contribution < 1.29 is 26.6 Å². The van der Waals surface area contributed by atoms with Crippen molar-refractivity contribution in [3.05, 3.63) is 90.0 Å². The molecule has 0 unspecified atom stereocenters. The summed E-state index contributed by atoms with van der Waals surface area (Å²) in [6.45, 7) is 15.5. The van der Waals surface area contributed by atoms with E-state index < -0.39 is 17.6 Å². The van der Waals surface area contributed by atoms with Crippen molar-refractivity contribution in [2.24, 2.45) is 0 Å². The molecule has 0 N–H and O–H groups in total. The Balaban J connectivity index is 1.80. The summed E-state index contributed by atoms with van der Waals surface area (Å²) in [5.41, 5.74) is 5.76. The van der Waals surface area contributed by atoms with Gasteiger partial charge >= 0.3 is 17.6 Å². The second kappa shape index (κ2) is 18.5. The number of hydrogen-bond donors (Lipinski definition) is 0. The molecule has 0 aliphatic heterocycles. The molecule has 0 amide bonds. The van der Waals surface area contributed by atoms with Crippen molar-refractivity contribution in [1.29, 1.82) is 0 Å². The highest BCUT2D eigenvalue weighted by molar-refractivity contribution is 6.61. The van der Waals surface area contributed by atoms with Crippen LogP contribution >= 0.6 is 0 Å². The molecule has 0 atom stereocenters. The minimum atomic E-state index is -2.69. The van der Waals surface area contributed by atoms with Gasteiger partial charge in [-0.05, 0) is 102 Å². The maximum absolute atomic E-state index is 6.06. The Bertz CT molecular complexity index is 1060. The molecule has 0 aliphatic carbocycles. The molecule has 3 aromatic rings. The minimum absolute atomic E-state index is 0.588. The van der Waals surface area contributed by atoms with Crippen molar-refractivity contribution in [2.75, 3.05) is 44.5 Å². The Morgan fingerprint density at radius 2 is 0.721 bits per heavy atom. The Kier molecular flexibility index (Phi) is 15.1. The summed E-state index contributed by atoms with van der Waals surface area (Å²) in [5, 5.41) is 0. The Labute approximate surface area is 261 Å². The lowest BCUT2D eigenvalue weighted by molar-refractivity contribution is 0.0706. The van der Waals surface area contributed by atoms with Crippen LogP contribution in [0.15, 0.2) is 78.9 Å². The van der Waals surface area contributed by atoms with Crippen molar-refractivity contribution in [2.45, 2.75) is 66.5 Å². The molecule has 0 saturated heterocycles. The van der Waals surface area contributed by atoms with Gasteiger partial charge in [-0.3, -0.25) is 0 Å². The second-order valence-corrected chi connectivity index (χ2v) is 15.4. The third-order valence-electron chi connectivity index (χ3n) is 7.03. The number of benzene rings is 3. The first-order valence-corrected chi connectivity index (χ1v) is 19.7. The van der Waals surface area contributed by atoms with E-state index in [1.165, 1.54) is 11.1 Å². The predicted molar refractivity (Wildman–Crippen MR) is 179 cm³/mol. The molecular formula is C34H51NO6Si2. The van der Waals surface area contributed by atoms with Crippen LogP contribution in [0.25, 0.3) is 0 Å². The van der Waals surface area contributed by atoms with Crippen molar-refractivity contribution >= 4 is 34.7 Å². The van der Waals surface area contributed by atoms with Gasteiger partial charge in [-0.2, -0.15) is 0 Å². The average molecular weight is 626 g/mol. The molecule has 0 bridgehead atoms. The molecule has 9 heteroatoms. The van der Waals surface area contributed by atoms with Gasteiger partial charge in [0.2, 0.25) is 0 Å². The zero-order chi connectivity index (χ0) is 31.0. The highest BCUT2D eigenvalue weighted by Gasteiger charge is 2.40. The van der Waals surface area contributed by atoms with Crippen LogP contribution in [0.4, 0.5) is 17.1 Å². The third kappa shape index (κ3) is 10.4. The third-order valence-corrected chi connectivity index (χ3v) is 13.1. The summed E-state index contributed by atoms with van der Waals surface area (Å²) in [7, 11) is -5.38. The molecule has 0 saturated carbocycles. The van der Waals surface area contributed by atoms with Crippen LogP contribution in [0.1, 0.15) is 52.7 Å². The van der Waals surface area contributed by atoms with Crippen molar-refractivity contribution in [1.82, 2.24) is 0 Å². The zero-order valence-corrected chi connectivity index (χ0v) is 29.0. The van der Waals surface area contributed by atoms with Crippen LogP contribution in [0.3, 0.4) is 0 Å². The van der Waals surface area contributed by atoms with Crippen LogP contribution in [0.2, 0.25) is 12.1 Å². The highest BCUT2D eigenvalue weighted by atomic mass is 28.4. The lowest BCUT2D eigenvalue weighted by Crippen LogP contribution is -2.46. The monoisotopic (exact) mass is 625 g/mol. The van der Waals surface area contributed by atoms with Gasteiger partial charge in [-0.15, -0.1) is 0 Å². The number of nitrogens with zero attached hydrogens (tertiary/aromatic N) is 1. The maximum Gasteiger partial charge on any atom is 0.501 e. The zero-order valence-electron chi connectivity index (χ0n) is 27.0. The van der Waals surface area contributed by atoms with Gasteiger partial charge in [-0.1, -0.05) is 42.5 Å². The van der Waals surface area contributed by atoms with Gasteiger partial charge in [-0.25, -0.2) is 0 Å². The van der Waals surface area contributed by atoms with E-state index in [4.69, 9.17) is 26.6 Å². The molecule has 43 heavy (non-hydrogen) atoms. The van der Waals surface area contributed by atoms with E-state index in [0.717, 1.165) is 42.0 Å². The molecule has 0 heterocycles. The van der Waals surface area contributed by atoms with E-state index in [2.05, 4.69) is 77.7 Å². The molecule has 0 spiro atoms. The average Bonchev–Trinajstić information content (AvgIpc) is 3.02. The first-order valence-electron chi connectivity index (χ1n) is 15.8. The summed E-state index contributed by atoms with van der Waals surface area (Å²) in [4.78, 5) is 2.28. The summed E-state index contributed by atoms with van der Waals surface area (Å²) >= 11 is 0. The van der Waals surface area contributed by atoms with E-state index in [1.54, 1.807) is 0 Å². The van der Waals surface area contributed by atoms with Crippen LogP contribution in [-0.2, 0) is 39.4 Å². The van der Waals surface area contributed by atoms with Gasteiger partial charge in [0.1, 0.15) is 0 Å². The fourth-order valence-corrected chi connectivity index (χ4v) is 10.4. The molecule has 0 fully saturated rings. The molecule has 0 aromatic heterocycles. The van der Waals surface area contributed by atoms with Crippen LogP contribution in [0.5, 0.6) is 0 Å². The standard InChI is InChI=1S/C34H51NO6Si2/c1-7-36-42(37-8-2,38-9-3)28-26-30-18-22-33(23-19-30)35(32-16-14-13-15-17-32)34-24-20-31(21-25-34)27-29-43(39-10-4,40-11-5)41-12-6/h13-25H,7-12,26-29H2,1-6H3. The predicted octanol–water partition coefficient (Wildman–Crippen LogP) is 8.34. The fraction of sp³-hybridized carbons (Fsp3) is 0.471. The van der Waals surface area contributed by atoms with Gasteiger partial charge in [0.05, 0.1) is 0 Å². The second-order valence-electron chi connectivity index (χ2n) is 9.97. The lowest BCUT2D eigenvalue weighted by atomic mass is 10.1. The fourth-order valence-electron chi connectivity index (χ4n) is 5.25. The molecule has 0 aliphatic rings. The topological polar surface area (TPSA) is 58.6 Å². The van der Waals surface area contributed by atoms with E-state index in [9.17, 15) is 0 Å². The molecule has 236 valence electrons. The Hall–Kier alpha value is -2.35. The lowest BCUT2D eigenvalue weighted by Gasteiger charge is -2.29. The summed E-state index contributed by atoms with van der Waals surface area (Å²) in [5.74, 6) is 0. The number of aryl methyl sites for hydroxylation is 2. The van der Waals surface area contributed by atoms with Gasteiger partial charge in [0, 0.05) is 68.8 Å². The first-order chi connectivity index (χ1) is 21.0. The molecule has 7 nitrogen and oxygen atoms in total. The van der Waals surface area contributed by atoms with Gasteiger partial charge < -0.3 is 31.5 Å². The van der Waals surface area contributed by atoms with Crippen LogP contribution in [0, 0.1) is 0 Å². The summed E-state index contributed by atoms with van der Waals surface area (Å²) in [6.07, 6.45) is 1.67. The maximum atomic E-state index is 6.06.